The van der Waals surface area contributed by atoms with Crippen molar-refractivity contribution in [3.8, 4) is 0 Å². The minimum atomic E-state index is 0.103. The zero-order valence-corrected chi connectivity index (χ0v) is 12.4. The summed E-state index contributed by atoms with van der Waals surface area (Å²) in [5, 5.41) is 6.44. The summed E-state index contributed by atoms with van der Waals surface area (Å²) in [6.07, 6.45) is 3.19. The second-order valence-electron chi connectivity index (χ2n) is 5.29. The quantitative estimate of drug-likeness (QED) is 0.687. The maximum absolute atomic E-state index is 11.8. The van der Waals surface area contributed by atoms with Crippen molar-refractivity contribution in [3.05, 3.63) is 0 Å². The van der Waals surface area contributed by atoms with Gasteiger partial charge in [-0.1, -0.05) is 34.6 Å². The third-order valence-electron chi connectivity index (χ3n) is 4.04. The van der Waals surface area contributed by atoms with Gasteiger partial charge in [0, 0.05) is 11.6 Å². The summed E-state index contributed by atoms with van der Waals surface area (Å²) >= 11 is 0. The lowest BCUT2D eigenvalue weighted by atomic mass is 9.90. The van der Waals surface area contributed by atoms with Crippen LogP contribution in [0.25, 0.3) is 0 Å². The van der Waals surface area contributed by atoms with Crippen LogP contribution >= 0.6 is 0 Å². The Labute approximate surface area is 107 Å². The van der Waals surface area contributed by atoms with Crippen molar-refractivity contribution in [2.75, 3.05) is 6.54 Å². The first kappa shape index (κ1) is 16.4. The van der Waals surface area contributed by atoms with Gasteiger partial charge >= 0.3 is 0 Å². The second kappa shape index (κ2) is 7.70. The molecule has 1 unspecified atom stereocenters. The van der Waals surface area contributed by atoms with Gasteiger partial charge in [0.1, 0.15) is 0 Å². The van der Waals surface area contributed by atoms with Gasteiger partial charge in [0.25, 0.3) is 0 Å². The lowest BCUT2D eigenvalue weighted by molar-refractivity contribution is -0.121. The van der Waals surface area contributed by atoms with Crippen LogP contribution in [0.15, 0.2) is 0 Å². The van der Waals surface area contributed by atoms with Crippen LogP contribution in [0.1, 0.15) is 60.8 Å². The highest BCUT2D eigenvalue weighted by atomic mass is 16.2. The van der Waals surface area contributed by atoms with Gasteiger partial charge in [0.15, 0.2) is 0 Å². The molecule has 0 fully saturated rings. The molecule has 0 aromatic heterocycles. The van der Waals surface area contributed by atoms with Crippen molar-refractivity contribution in [1.29, 1.82) is 0 Å². The molecule has 3 nitrogen and oxygen atoms in total. The molecule has 3 heteroatoms. The molecule has 2 N–H and O–H groups in total. The fraction of sp³-hybridized carbons (Fsp3) is 0.929. The number of amides is 1. The van der Waals surface area contributed by atoms with Gasteiger partial charge in [0.05, 0.1) is 6.54 Å². The van der Waals surface area contributed by atoms with Crippen molar-refractivity contribution < 1.29 is 4.79 Å². The maximum Gasteiger partial charge on any atom is 0.234 e. The Morgan fingerprint density at radius 2 is 1.53 bits per heavy atom. The van der Waals surface area contributed by atoms with Crippen LogP contribution in [0.5, 0.6) is 0 Å². The summed E-state index contributed by atoms with van der Waals surface area (Å²) in [4.78, 5) is 11.8. The highest BCUT2D eigenvalue weighted by Gasteiger charge is 2.24. The Kier molecular flexibility index (Phi) is 7.44. The average Bonchev–Trinajstić information content (AvgIpc) is 2.31. The number of carbonyl (C=O) groups excluding carboxylic acids is 1. The molecule has 0 aromatic carbocycles. The van der Waals surface area contributed by atoms with E-state index in [1.165, 1.54) is 0 Å². The summed E-state index contributed by atoms with van der Waals surface area (Å²) in [6, 6.07) is 0.239. The summed E-state index contributed by atoms with van der Waals surface area (Å²) in [6.45, 7) is 13.2. The van der Waals surface area contributed by atoms with E-state index in [2.05, 4.69) is 52.2 Å². The van der Waals surface area contributed by atoms with Crippen LogP contribution in [0.4, 0.5) is 0 Å². The Balaban J connectivity index is 4.14. The fourth-order valence-electron chi connectivity index (χ4n) is 1.86. The number of nitrogens with one attached hydrogen (secondary N) is 2. The first-order valence-corrected chi connectivity index (χ1v) is 6.95. The summed E-state index contributed by atoms with van der Waals surface area (Å²) in [5.74, 6) is 0.582. The number of carbonyl (C=O) groups is 1. The molecule has 0 aromatic rings. The van der Waals surface area contributed by atoms with Gasteiger partial charge in [-0.2, -0.15) is 0 Å². The third kappa shape index (κ3) is 5.53. The van der Waals surface area contributed by atoms with Crippen molar-refractivity contribution in [1.82, 2.24) is 10.6 Å². The Bertz CT molecular complexity index is 214. The van der Waals surface area contributed by atoms with Gasteiger partial charge in [0.2, 0.25) is 5.91 Å². The first-order valence-electron chi connectivity index (χ1n) is 6.95. The molecule has 0 radical (unpaired) electrons. The normalized spacial score (nSPS) is 13.8. The number of rotatable bonds is 8. The van der Waals surface area contributed by atoms with Crippen LogP contribution in [0.3, 0.4) is 0 Å². The number of hydrogen-bond donors (Lipinski definition) is 2. The molecule has 1 amide bonds. The lowest BCUT2D eigenvalue weighted by Crippen LogP contribution is -2.50. The van der Waals surface area contributed by atoms with Crippen molar-refractivity contribution in [3.63, 3.8) is 0 Å². The Morgan fingerprint density at radius 3 is 1.88 bits per heavy atom. The maximum atomic E-state index is 11.8. The van der Waals surface area contributed by atoms with Crippen molar-refractivity contribution in [2.24, 2.45) is 5.92 Å². The molecule has 0 saturated carbocycles. The largest absolute Gasteiger partial charge is 0.352 e. The molecule has 0 rings (SSSR count). The smallest absolute Gasteiger partial charge is 0.234 e. The zero-order chi connectivity index (χ0) is 13.5. The molecule has 0 bridgehead atoms. The molecule has 0 spiro atoms. The molecule has 17 heavy (non-hydrogen) atoms. The average molecular weight is 242 g/mol. The van der Waals surface area contributed by atoms with E-state index in [0.29, 0.717) is 12.5 Å². The Hall–Kier alpha value is -0.570. The van der Waals surface area contributed by atoms with Gasteiger partial charge in [-0.25, -0.2) is 0 Å². The van der Waals surface area contributed by atoms with Crippen molar-refractivity contribution >= 4 is 5.91 Å². The molecular weight excluding hydrogens is 212 g/mol. The third-order valence-corrected chi connectivity index (χ3v) is 4.04. The van der Waals surface area contributed by atoms with E-state index < -0.39 is 0 Å². The summed E-state index contributed by atoms with van der Waals surface area (Å²) in [7, 11) is 0. The monoisotopic (exact) mass is 242 g/mol. The molecule has 102 valence electrons. The standard InChI is InChI=1S/C14H30N2O/c1-7-14(8-2,9-3)15-10-13(17)16-12(6)11(4)5/h11-12,15H,7-10H2,1-6H3,(H,16,17). The lowest BCUT2D eigenvalue weighted by Gasteiger charge is -2.32. The van der Waals surface area contributed by atoms with E-state index >= 15 is 0 Å². The minimum Gasteiger partial charge on any atom is -0.352 e. The first-order chi connectivity index (χ1) is 7.90. The highest BCUT2D eigenvalue weighted by molar-refractivity contribution is 5.78. The SMILES string of the molecule is CCC(CC)(CC)NCC(=O)NC(C)C(C)C. The fourth-order valence-corrected chi connectivity index (χ4v) is 1.86. The predicted molar refractivity (Wildman–Crippen MR) is 74.0 cm³/mol. The molecular formula is C14H30N2O. The highest BCUT2D eigenvalue weighted by Crippen LogP contribution is 2.18. The second-order valence-corrected chi connectivity index (χ2v) is 5.29. The summed E-state index contributed by atoms with van der Waals surface area (Å²) in [5.41, 5.74) is 0.123. The van der Waals surface area contributed by atoms with Crippen LogP contribution < -0.4 is 10.6 Å². The molecule has 0 aliphatic rings. The van der Waals surface area contributed by atoms with Gasteiger partial charge in [-0.15, -0.1) is 0 Å². The van der Waals surface area contributed by atoms with Crippen LogP contribution in [-0.4, -0.2) is 24.0 Å². The van der Waals surface area contributed by atoms with E-state index in [9.17, 15) is 4.79 Å². The van der Waals surface area contributed by atoms with Gasteiger partial charge in [-0.3, -0.25) is 4.79 Å². The summed E-state index contributed by atoms with van der Waals surface area (Å²) < 4.78 is 0. The van der Waals surface area contributed by atoms with E-state index in [4.69, 9.17) is 0 Å². The predicted octanol–water partition coefficient (Wildman–Crippen LogP) is 2.71. The van der Waals surface area contributed by atoms with Gasteiger partial charge < -0.3 is 10.6 Å². The minimum absolute atomic E-state index is 0.103. The van der Waals surface area contributed by atoms with E-state index in [1.807, 2.05) is 0 Å². The van der Waals surface area contributed by atoms with Crippen LogP contribution in [-0.2, 0) is 4.79 Å². The van der Waals surface area contributed by atoms with Crippen LogP contribution in [0.2, 0.25) is 0 Å². The van der Waals surface area contributed by atoms with Gasteiger partial charge in [-0.05, 0) is 32.1 Å². The van der Waals surface area contributed by atoms with E-state index in [1.54, 1.807) is 0 Å². The molecule has 1 atom stereocenters. The van der Waals surface area contributed by atoms with Crippen LogP contribution in [0, 0.1) is 5.92 Å². The Morgan fingerprint density at radius 1 is 1.06 bits per heavy atom. The van der Waals surface area contributed by atoms with Crippen molar-refractivity contribution in [2.45, 2.75) is 72.4 Å². The van der Waals surface area contributed by atoms with E-state index in [-0.39, 0.29) is 17.5 Å². The molecule has 0 aliphatic carbocycles. The zero-order valence-electron chi connectivity index (χ0n) is 12.4. The van der Waals surface area contributed by atoms with E-state index in [0.717, 1.165) is 19.3 Å². The number of hydrogen-bond acceptors (Lipinski definition) is 2. The molecule has 0 heterocycles. The molecule has 0 aliphatic heterocycles. The topological polar surface area (TPSA) is 41.1 Å². The molecule has 0 saturated heterocycles.